The number of nitrogens with zero attached hydrogens (tertiary/aromatic N) is 4. The lowest BCUT2D eigenvalue weighted by Gasteiger charge is -2.28. The number of nitriles is 4. The molecule has 0 N–H and O–H groups in total. The van der Waals surface area contributed by atoms with Crippen LogP contribution in [0.1, 0.15) is 182 Å². The number of unbranched alkanes of at least 4 members (excludes halogenated alkanes) is 20. The predicted octanol–water partition coefficient (Wildman–Crippen LogP) is 12.1. The van der Waals surface area contributed by atoms with Crippen molar-refractivity contribution in [1.29, 1.82) is 21.0 Å². The van der Waals surface area contributed by atoms with Crippen molar-refractivity contribution in [3.63, 3.8) is 0 Å². The van der Waals surface area contributed by atoms with Gasteiger partial charge in [0.25, 0.3) is 0 Å². The monoisotopic (exact) mass is 599 g/mol. The molecule has 0 fully saturated rings. The fraction of sp³-hybridized carbons (Fsp3) is 0.889. The smallest absolute Gasteiger partial charge is 0.245 e. The molecule has 42 heavy (non-hydrogen) atoms. The fourth-order valence-corrected chi connectivity index (χ4v) is 10.7. The first-order valence-corrected chi connectivity index (χ1v) is 20.7. The average molecular weight is 599 g/mol. The molecule has 0 aliphatic rings. The Morgan fingerprint density at radius 3 is 0.714 bits per heavy atom. The van der Waals surface area contributed by atoms with E-state index < -0.39 is 13.4 Å². The number of hydrogen-bond donors (Lipinski definition) is 0. The lowest BCUT2D eigenvalue weighted by atomic mass is 9.30. The summed E-state index contributed by atoms with van der Waals surface area (Å²) in [5.41, 5.74) is 0. The van der Waals surface area contributed by atoms with Crippen molar-refractivity contribution in [3.05, 3.63) is 0 Å². The molecule has 4 nitrogen and oxygen atoms in total. The predicted molar refractivity (Wildman–Crippen MR) is 188 cm³/mol. The van der Waals surface area contributed by atoms with E-state index in [0.717, 1.165) is 0 Å². The third-order valence-electron chi connectivity index (χ3n) is 8.72. The van der Waals surface area contributed by atoms with Crippen LogP contribution in [-0.4, -0.2) is 30.8 Å². The molecule has 0 aliphatic heterocycles. The van der Waals surface area contributed by atoms with Crippen LogP contribution in [0.15, 0.2) is 0 Å². The zero-order valence-electron chi connectivity index (χ0n) is 28.6. The van der Waals surface area contributed by atoms with Crippen LogP contribution in [-0.2, 0) is 0 Å². The van der Waals surface area contributed by atoms with Gasteiger partial charge in [-0.2, -0.15) is 0 Å². The van der Waals surface area contributed by atoms with Gasteiger partial charge in [0, 0.05) is 7.26 Å². The summed E-state index contributed by atoms with van der Waals surface area (Å²) in [7, 11) is -0.697. The molecule has 0 aromatic heterocycles. The van der Waals surface area contributed by atoms with Crippen molar-refractivity contribution in [2.45, 2.75) is 182 Å². The molecular formula is C36H68BN4P. The van der Waals surface area contributed by atoms with Crippen molar-refractivity contribution in [1.82, 2.24) is 0 Å². The first kappa shape index (κ1) is 42.6. The van der Waals surface area contributed by atoms with Crippen molar-refractivity contribution < 1.29 is 0 Å². The van der Waals surface area contributed by atoms with Gasteiger partial charge in [-0.05, 0) is 51.4 Å². The molecule has 240 valence electrons. The van der Waals surface area contributed by atoms with Gasteiger partial charge < -0.3 is 0 Å². The van der Waals surface area contributed by atoms with Gasteiger partial charge in [-0.25, -0.2) is 21.0 Å². The Kier molecular flexibility index (Phi) is 32.8. The Hall–Kier alpha value is -1.55. The molecule has 0 unspecified atom stereocenters. The van der Waals surface area contributed by atoms with Crippen LogP contribution in [0.4, 0.5) is 0 Å². The molecular weight excluding hydrogens is 530 g/mol. The largest absolute Gasteiger partial charge is 0.383 e. The number of rotatable bonds is 28. The summed E-state index contributed by atoms with van der Waals surface area (Å²) in [6, 6.07) is 0. The fourth-order valence-electron chi connectivity index (χ4n) is 5.75. The number of hydrogen-bond acceptors (Lipinski definition) is 4. The van der Waals surface area contributed by atoms with Crippen LogP contribution < -0.4 is 0 Å². The summed E-state index contributed by atoms with van der Waals surface area (Å²) in [5, 5.41) is 32.3. The first-order valence-electron chi connectivity index (χ1n) is 18.1. The molecule has 0 amide bonds. The molecule has 0 aliphatic carbocycles. The van der Waals surface area contributed by atoms with Crippen LogP contribution in [0.2, 0.25) is 0 Å². The van der Waals surface area contributed by atoms with Gasteiger partial charge in [-0.3, -0.25) is 0 Å². The van der Waals surface area contributed by atoms with Gasteiger partial charge in [-0.1, -0.05) is 130 Å². The van der Waals surface area contributed by atoms with Crippen molar-refractivity contribution in [3.8, 4) is 23.9 Å². The van der Waals surface area contributed by atoms with E-state index in [9.17, 15) is 0 Å². The molecule has 0 bridgehead atoms. The molecule has 0 aromatic rings. The maximum Gasteiger partial charge on any atom is 0.383 e. The van der Waals surface area contributed by atoms with E-state index in [-0.39, 0.29) is 0 Å². The lowest BCUT2D eigenvalue weighted by molar-refractivity contribution is 0.548. The van der Waals surface area contributed by atoms with E-state index in [1.807, 2.05) is 0 Å². The molecule has 0 spiro atoms. The van der Waals surface area contributed by atoms with E-state index >= 15 is 0 Å². The van der Waals surface area contributed by atoms with Gasteiger partial charge in [0.1, 0.15) is 0 Å². The third kappa shape index (κ3) is 25.0. The van der Waals surface area contributed by atoms with E-state index in [1.54, 1.807) is 50.3 Å². The van der Waals surface area contributed by atoms with E-state index in [4.69, 9.17) is 21.0 Å². The summed E-state index contributed by atoms with van der Waals surface area (Å²) in [6.07, 6.45) is 39.4. The van der Waals surface area contributed by atoms with Gasteiger partial charge in [-0.15, -0.1) is 23.9 Å². The Morgan fingerprint density at radius 1 is 0.333 bits per heavy atom. The Balaban J connectivity index is 0. The zero-order chi connectivity index (χ0) is 31.6. The topological polar surface area (TPSA) is 95.2 Å². The van der Waals surface area contributed by atoms with Crippen LogP contribution in [0.25, 0.3) is 0 Å². The molecule has 6 heteroatoms. The normalized spacial score (nSPS) is 11.0. The van der Waals surface area contributed by atoms with Crippen LogP contribution in [0.3, 0.4) is 0 Å². The molecule has 0 radical (unpaired) electrons. The van der Waals surface area contributed by atoms with Crippen LogP contribution in [0.5, 0.6) is 0 Å². The molecule has 0 saturated carbocycles. The summed E-state index contributed by atoms with van der Waals surface area (Å²) < 4.78 is 0. The van der Waals surface area contributed by atoms with Crippen LogP contribution >= 0.6 is 7.26 Å². The second-order valence-corrected chi connectivity index (χ2v) is 17.2. The third-order valence-corrected chi connectivity index (χ3v) is 13.8. The summed E-state index contributed by atoms with van der Waals surface area (Å²) >= 11 is 0. The zero-order valence-corrected chi connectivity index (χ0v) is 29.5. The maximum absolute atomic E-state index is 8.09. The van der Waals surface area contributed by atoms with E-state index in [1.165, 1.54) is 152 Å². The van der Waals surface area contributed by atoms with E-state index in [0.29, 0.717) is 0 Å². The summed E-state index contributed by atoms with van der Waals surface area (Å²) in [5.74, 6) is 5.38. The van der Waals surface area contributed by atoms with Crippen molar-refractivity contribution >= 4 is 13.4 Å². The lowest BCUT2D eigenvalue weighted by Crippen LogP contribution is -2.26. The van der Waals surface area contributed by atoms with Gasteiger partial charge in [0.15, 0.2) is 0 Å². The molecule has 0 aromatic carbocycles. The average Bonchev–Trinajstić information content (AvgIpc) is 3.02. The summed E-state index contributed by atoms with van der Waals surface area (Å²) in [4.78, 5) is 0. The quantitative estimate of drug-likeness (QED) is 0.0508. The highest BCUT2D eigenvalue weighted by Gasteiger charge is 2.34. The Morgan fingerprint density at radius 2 is 0.524 bits per heavy atom. The maximum atomic E-state index is 8.09. The molecule has 0 atom stereocenters. The highest BCUT2D eigenvalue weighted by molar-refractivity contribution is 7.75. The highest BCUT2D eigenvalue weighted by atomic mass is 31.2. The van der Waals surface area contributed by atoms with Crippen molar-refractivity contribution in [2.75, 3.05) is 24.6 Å². The SMILES string of the molecule is CCCCCCCCCCCCCC[P+](CCCCCC)(CCCCCC)CCCCCC.N#C[B-](C#N)(C#N)C#N. The molecule has 0 rings (SSSR count). The van der Waals surface area contributed by atoms with Gasteiger partial charge in [0.2, 0.25) is 0 Å². The second kappa shape index (κ2) is 32.4. The minimum Gasteiger partial charge on any atom is -0.245 e. The minimum absolute atomic E-state index is 0.697. The van der Waals surface area contributed by atoms with E-state index in [2.05, 4.69) is 27.7 Å². The Labute approximate surface area is 264 Å². The van der Waals surface area contributed by atoms with Crippen molar-refractivity contribution in [2.24, 2.45) is 0 Å². The van der Waals surface area contributed by atoms with Gasteiger partial charge in [0.05, 0.1) is 24.6 Å². The minimum atomic E-state index is -2.72. The molecule has 0 saturated heterocycles. The second-order valence-electron chi connectivity index (χ2n) is 12.7. The van der Waals surface area contributed by atoms with Gasteiger partial charge >= 0.3 is 6.15 Å². The first-order chi connectivity index (χ1) is 20.5. The summed E-state index contributed by atoms with van der Waals surface area (Å²) in [6.45, 7) is 9.41. The standard InChI is InChI=1S/C32H68P.C4BN4/c1-5-9-13-17-18-19-20-21-22-23-24-28-32-33(29-25-14-10-6-2,30-26-15-11-7-3)31-27-16-12-8-4;6-1-5(2-7,3-8)4-9/h5-32H2,1-4H3;/q+1;-1. The highest BCUT2D eigenvalue weighted by Crippen LogP contribution is 2.61. The molecule has 0 heterocycles. The van der Waals surface area contributed by atoms with Crippen LogP contribution in [0, 0.1) is 44.9 Å². The Bertz CT molecular complexity index is 666.